The first-order chi connectivity index (χ1) is 8.58. The Morgan fingerprint density at radius 3 is 2.78 bits per heavy atom. The molecule has 0 aliphatic heterocycles. The molecule has 18 heavy (non-hydrogen) atoms. The number of alkyl halides is 1. The van der Waals surface area contributed by atoms with E-state index in [1.54, 1.807) is 26.2 Å². The average Bonchev–Trinajstić information content (AvgIpc) is 2.29. The topological polar surface area (TPSA) is 61.6 Å². The Balaban J connectivity index is 2.88. The van der Waals surface area contributed by atoms with Crippen molar-refractivity contribution in [2.75, 3.05) is 20.3 Å². The van der Waals surface area contributed by atoms with Crippen LogP contribution in [0.5, 0.6) is 5.75 Å². The third-order valence-electron chi connectivity index (χ3n) is 2.33. The van der Waals surface area contributed by atoms with Crippen LogP contribution >= 0.6 is 11.6 Å². The highest BCUT2D eigenvalue weighted by Gasteiger charge is 2.16. The maximum absolute atomic E-state index is 10.8. The number of hydrogen-bond acceptors (Lipinski definition) is 4. The molecule has 1 rings (SSSR count). The Labute approximate surface area is 111 Å². The van der Waals surface area contributed by atoms with Crippen molar-refractivity contribution in [3.63, 3.8) is 0 Å². The molecule has 0 aliphatic carbocycles. The molecule has 0 saturated carbocycles. The quantitative estimate of drug-likeness (QED) is 0.435. The number of nitrogens with zero attached hydrogens (tertiary/aromatic N) is 1. The summed E-state index contributed by atoms with van der Waals surface area (Å²) in [6, 6.07) is 4.79. The Kier molecular flexibility index (Phi) is 5.88. The molecule has 1 aromatic rings. The molecule has 0 fully saturated rings. The van der Waals surface area contributed by atoms with E-state index in [1.165, 1.54) is 6.07 Å². The normalized spacial score (nSPS) is 12.2. The van der Waals surface area contributed by atoms with Crippen LogP contribution in [0, 0.1) is 10.1 Å². The fourth-order valence-corrected chi connectivity index (χ4v) is 1.91. The van der Waals surface area contributed by atoms with Crippen molar-refractivity contribution in [1.29, 1.82) is 0 Å². The molecule has 0 spiro atoms. The minimum absolute atomic E-state index is 0.0292. The molecule has 0 amide bonds. The number of nitro benzene ring substituents is 1. The first kappa shape index (κ1) is 14.7. The third-order valence-corrected chi connectivity index (χ3v) is 2.61. The summed E-state index contributed by atoms with van der Waals surface area (Å²) in [5.41, 5.74) is 0.861. The van der Waals surface area contributed by atoms with Gasteiger partial charge in [-0.1, -0.05) is 6.07 Å². The van der Waals surface area contributed by atoms with Crippen LogP contribution in [0.4, 0.5) is 5.69 Å². The first-order valence-corrected chi connectivity index (χ1v) is 6.05. The van der Waals surface area contributed by atoms with Gasteiger partial charge in [0.15, 0.2) is 5.75 Å². The molecule has 0 radical (unpaired) electrons. The molecule has 1 atom stereocenters. The van der Waals surface area contributed by atoms with Crippen molar-refractivity contribution < 1.29 is 14.4 Å². The van der Waals surface area contributed by atoms with Crippen LogP contribution in [0.15, 0.2) is 18.2 Å². The summed E-state index contributed by atoms with van der Waals surface area (Å²) >= 11 is 6.05. The lowest BCUT2D eigenvalue weighted by molar-refractivity contribution is -0.385. The average molecular weight is 274 g/mol. The molecule has 1 unspecified atom stereocenters. The van der Waals surface area contributed by atoms with E-state index in [0.717, 1.165) is 5.56 Å². The number of hydrogen-bond donors (Lipinski definition) is 0. The predicted molar refractivity (Wildman–Crippen MR) is 69.5 cm³/mol. The molecular formula is C12H16ClNO4. The van der Waals surface area contributed by atoms with Gasteiger partial charge in [0, 0.05) is 13.2 Å². The van der Waals surface area contributed by atoms with Crippen molar-refractivity contribution in [2.24, 2.45) is 0 Å². The van der Waals surface area contributed by atoms with Gasteiger partial charge in [-0.05, 0) is 25.0 Å². The van der Waals surface area contributed by atoms with Gasteiger partial charge in [0.05, 0.1) is 23.5 Å². The molecule has 0 heterocycles. The van der Waals surface area contributed by atoms with Gasteiger partial charge in [-0.15, -0.1) is 11.6 Å². The van der Waals surface area contributed by atoms with Crippen LogP contribution < -0.4 is 4.74 Å². The van der Waals surface area contributed by atoms with Gasteiger partial charge < -0.3 is 9.47 Å². The van der Waals surface area contributed by atoms with Gasteiger partial charge in [0.25, 0.3) is 0 Å². The molecule has 1 aromatic carbocycles. The molecule has 0 N–H and O–H groups in total. The molecular weight excluding hydrogens is 258 g/mol. The molecule has 0 bridgehead atoms. The van der Waals surface area contributed by atoms with Crippen LogP contribution in [-0.2, 0) is 11.2 Å². The Morgan fingerprint density at radius 1 is 1.50 bits per heavy atom. The minimum Gasteiger partial charge on any atom is -0.487 e. The third kappa shape index (κ3) is 4.16. The van der Waals surface area contributed by atoms with Gasteiger partial charge in [0.2, 0.25) is 0 Å². The van der Waals surface area contributed by atoms with E-state index in [1.807, 2.05) is 0 Å². The number of halogens is 1. The lowest BCUT2D eigenvalue weighted by Crippen LogP contribution is -2.10. The highest BCUT2D eigenvalue weighted by atomic mass is 35.5. The number of ether oxygens (including phenoxy) is 2. The monoisotopic (exact) mass is 273 g/mol. The maximum Gasteiger partial charge on any atom is 0.310 e. The highest BCUT2D eigenvalue weighted by Crippen LogP contribution is 2.28. The standard InChI is InChI=1S/C12H16ClNO4/c1-3-18-12-7-9(6-10(13)8-17-2)4-5-11(12)14(15)16/h4-5,7,10H,3,6,8H2,1-2H3. The minimum atomic E-state index is -0.456. The van der Waals surface area contributed by atoms with Crippen LogP contribution in [0.25, 0.3) is 0 Å². The maximum atomic E-state index is 10.8. The molecule has 0 aliphatic rings. The molecule has 6 heteroatoms. The van der Waals surface area contributed by atoms with E-state index in [4.69, 9.17) is 21.1 Å². The largest absolute Gasteiger partial charge is 0.487 e. The van der Waals surface area contributed by atoms with Gasteiger partial charge in [-0.2, -0.15) is 0 Å². The number of methoxy groups -OCH3 is 1. The van der Waals surface area contributed by atoms with Gasteiger partial charge >= 0.3 is 5.69 Å². The van der Waals surface area contributed by atoms with E-state index >= 15 is 0 Å². The van der Waals surface area contributed by atoms with Crippen molar-refractivity contribution in [3.8, 4) is 5.75 Å². The first-order valence-electron chi connectivity index (χ1n) is 5.61. The van der Waals surface area contributed by atoms with Crippen molar-refractivity contribution in [3.05, 3.63) is 33.9 Å². The number of nitro groups is 1. The van der Waals surface area contributed by atoms with E-state index in [0.29, 0.717) is 19.6 Å². The van der Waals surface area contributed by atoms with E-state index < -0.39 is 4.92 Å². The van der Waals surface area contributed by atoms with Crippen LogP contribution in [0.3, 0.4) is 0 Å². The zero-order valence-corrected chi connectivity index (χ0v) is 11.1. The van der Waals surface area contributed by atoms with E-state index in [9.17, 15) is 10.1 Å². The summed E-state index contributed by atoms with van der Waals surface area (Å²) in [7, 11) is 1.58. The second-order valence-electron chi connectivity index (χ2n) is 3.75. The predicted octanol–water partition coefficient (Wildman–Crippen LogP) is 2.79. The van der Waals surface area contributed by atoms with Crippen LogP contribution in [-0.4, -0.2) is 30.6 Å². The Bertz CT molecular complexity index is 411. The Morgan fingerprint density at radius 2 is 2.22 bits per heavy atom. The highest BCUT2D eigenvalue weighted by molar-refractivity contribution is 6.20. The zero-order valence-electron chi connectivity index (χ0n) is 10.4. The summed E-state index contributed by atoms with van der Waals surface area (Å²) in [5, 5.41) is 10.7. The Hall–Kier alpha value is -1.33. The fourth-order valence-electron chi connectivity index (χ4n) is 1.60. The lowest BCUT2D eigenvalue weighted by atomic mass is 10.1. The molecule has 0 aromatic heterocycles. The van der Waals surface area contributed by atoms with E-state index in [-0.39, 0.29) is 16.8 Å². The molecule has 5 nitrogen and oxygen atoms in total. The second kappa shape index (κ2) is 7.18. The number of rotatable bonds is 7. The van der Waals surface area contributed by atoms with Crippen LogP contribution in [0.1, 0.15) is 12.5 Å². The van der Waals surface area contributed by atoms with E-state index in [2.05, 4.69) is 0 Å². The van der Waals surface area contributed by atoms with Crippen molar-refractivity contribution >= 4 is 17.3 Å². The SMILES string of the molecule is CCOc1cc(CC(Cl)COC)ccc1[N+](=O)[O-]. The summed E-state index contributed by atoms with van der Waals surface area (Å²) < 4.78 is 10.2. The van der Waals surface area contributed by atoms with Gasteiger partial charge in [0.1, 0.15) is 0 Å². The van der Waals surface area contributed by atoms with Gasteiger partial charge in [-0.3, -0.25) is 10.1 Å². The molecule has 0 saturated heterocycles. The van der Waals surface area contributed by atoms with Crippen molar-refractivity contribution in [1.82, 2.24) is 0 Å². The summed E-state index contributed by atoms with van der Waals surface area (Å²) in [6.45, 7) is 2.60. The second-order valence-corrected chi connectivity index (χ2v) is 4.37. The summed E-state index contributed by atoms with van der Waals surface area (Å²) in [4.78, 5) is 10.4. The zero-order chi connectivity index (χ0) is 13.5. The number of benzene rings is 1. The summed E-state index contributed by atoms with van der Waals surface area (Å²) in [6.07, 6.45) is 0.577. The summed E-state index contributed by atoms with van der Waals surface area (Å²) in [5.74, 6) is 0.279. The van der Waals surface area contributed by atoms with Crippen LogP contribution in [0.2, 0.25) is 0 Å². The van der Waals surface area contributed by atoms with Crippen molar-refractivity contribution in [2.45, 2.75) is 18.7 Å². The molecule has 100 valence electrons. The lowest BCUT2D eigenvalue weighted by Gasteiger charge is -2.10. The fraction of sp³-hybridized carbons (Fsp3) is 0.500. The van der Waals surface area contributed by atoms with Gasteiger partial charge in [-0.25, -0.2) is 0 Å². The smallest absolute Gasteiger partial charge is 0.310 e.